The molecular formula is C21H39N2+. The fraction of sp³-hybridized carbons (Fsp3) is 0.857. The Labute approximate surface area is 144 Å². The molecule has 0 radical (unpaired) electrons. The van der Waals surface area contributed by atoms with Gasteiger partial charge in [-0.15, -0.1) is 0 Å². The maximum absolute atomic E-state index is 2.51. The number of rotatable bonds is 2. The van der Waals surface area contributed by atoms with E-state index in [1.54, 1.807) is 0 Å². The summed E-state index contributed by atoms with van der Waals surface area (Å²) in [6, 6.07) is 0. The minimum Gasteiger partial charge on any atom is -0.236 e. The summed E-state index contributed by atoms with van der Waals surface area (Å²) >= 11 is 0. The molecule has 0 saturated heterocycles. The molecule has 1 aliphatic rings. The highest BCUT2D eigenvalue weighted by molar-refractivity contribution is 4.93. The standard InChI is InChI=1S/C21H39N2/c1-18(2,3)17-12-20(7,8)14-21(9,13-17)15-22-10-11-23(16-22)19(4,5)6/h10-11,16-17H,12-15H2,1-9H3/q+1. The summed E-state index contributed by atoms with van der Waals surface area (Å²) in [5, 5.41) is 0. The molecule has 2 heteroatoms. The minimum absolute atomic E-state index is 0.159. The van der Waals surface area contributed by atoms with Gasteiger partial charge in [-0.25, -0.2) is 9.13 Å². The Morgan fingerprint density at radius 3 is 2.13 bits per heavy atom. The first kappa shape index (κ1) is 18.5. The van der Waals surface area contributed by atoms with Gasteiger partial charge in [0, 0.05) is 5.41 Å². The molecule has 2 unspecified atom stereocenters. The van der Waals surface area contributed by atoms with Crippen LogP contribution in [0, 0.1) is 22.2 Å². The zero-order chi connectivity index (χ0) is 17.7. The van der Waals surface area contributed by atoms with Gasteiger partial charge in [-0.05, 0) is 56.8 Å². The van der Waals surface area contributed by atoms with E-state index in [9.17, 15) is 0 Å². The van der Waals surface area contributed by atoms with Crippen molar-refractivity contribution in [2.45, 2.75) is 93.7 Å². The molecule has 132 valence electrons. The third-order valence-electron chi connectivity index (χ3n) is 5.70. The Bertz CT molecular complexity index is 539. The first-order valence-electron chi connectivity index (χ1n) is 9.28. The molecule has 2 nitrogen and oxygen atoms in total. The normalized spacial score (nSPS) is 28.8. The highest BCUT2D eigenvalue weighted by Crippen LogP contribution is 2.53. The number of aromatic nitrogens is 2. The second-order valence-electron chi connectivity index (χ2n) is 11.3. The predicted molar refractivity (Wildman–Crippen MR) is 98.3 cm³/mol. The quantitative estimate of drug-likeness (QED) is 0.645. The molecule has 0 spiro atoms. The van der Waals surface area contributed by atoms with Crippen molar-refractivity contribution >= 4 is 0 Å². The highest BCUT2D eigenvalue weighted by atomic mass is 15.1. The third-order valence-corrected chi connectivity index (χ3v) is 5.70. The fourth-order valence-corrected chi connectivity index (χ4v) is 4.69. The SMILES string of the molecule is CC1(C)CC(C(C)(C)C)CC(C)(C[n+]2ccn(C(C)(C)C)c2)C1. The van der Waals surface area contributed by atoms with Crippen LogP contribution < -0.4 is 4.57 Å². The minimum atomic E-state index is 0.159. The summed E-state index contributed by atoms with van der Waals surface area (Å²) in [7, 11) is 0. The van der Waals surface area contributed by atoms with Gasteiger partial charge >= 0.3 is 0 Å². The molecule has 1 aliphatic carbocycles. The van der Waals surface area contributed by atoms with E-state index in [4.69, 9.17) is 0 Å². The van der Waals surface area contributed by atoms with Crippen LogP contribution in [-0.4, -0.2) is 4.57 Å². The topological polar surface area (TPSA) is 8.81 Å². The Hall–Kier alpha value is -0.790. The second-order valence-corrected chi connectivity index (χ2v) is 11.3. The van der Waals surface area contributed by atoms with Gasteiger partial charge in [0.25, 0.3) is 0 Å². The summed E-state index contributed by atoms with van der Waals surface area (Å²) in [6.45, 7) is 22.6. The largest absolute Gasteiger partial charge is 0.244 e. The van der Waals surface area contributed by atoms with E-state index < -0.39 is 0 Å². The number of nitrogens with zero attached hydrogens (tertiary/aromatic N) is 2. The van der Waals surface area contributed by atoms with E-state index in [0.717, 1.165) is 12.5 Å². The molecule has 1 heterocycles. The van der Waals surface area contributed by atoms with Crippen LogP contribution in [0.3, 0.4) is 0 Å². The van der Waals surface area contributed by atoms with Crippen LogP contribution in [-0.2, 0) is 12.1 Å². The molecule has 1 aromatic rings. The summed E-state index contributed by atoms with van der Waals surface area (Å²) < 4.78 is 4.73. The molecule has 0 bridgehead atoms. The van der Waals surface area contributed by atoms with Crippen molar-refractivity contribution in [1.82, 2.24) is 4.57 Å². The summed E-state index contributed by atoms with van der Waals surface area (Å²) in [5.41, 5.74) is 1.39. The van der Waals surface area contributed by atoms with Crippen molar-refractivity contribution in [2.24, 2.45) is 22.2 Å². The molecule has 1 aromatic heterocycles. The zero-order valence-corrected chi connectivity index (χ0v) is 17.0. The van der Waals surface area contributed by atoms with Gasteiger partial charge in [0.15, 0.2) is 0 Å². The Balaban J connectivity index is 2.21. The number of imidazole rings is 1. The molecule has 0 aromatic carbocycles. The van der Waals surface area contributed by atoms with Crippen LogP contribution in [0.5, 0.6) is 0 Å². The van der Waals surface area contributed by atoms with E-state index in [-0.39, 0.29) is 5.54 Å². The van der Waals surface area contributed by atoms with Crippen molar-refractivity contribution in [2.75, 3.05) is 0 Å². The molecular weight excluding hydrogens is 280 g/mol. The zero-order valence-electron chi connectivity index (χ0n) is 17.0. The van der Waals surface area contributed by atoms with Crippen molar-refractivity contribution < 1.29 is 4.57 Å². The lowest BCUT2D eigenvalue weighted by molar-refractivity contribution is -0.710. The molecule has 0 amide bonds. The van der Waals surface area contributed by atoms with E-state index in [0.29, 0.717) is 16.2 Å². The van der Waals surface area contributed by atoms with Gasteiger partial charge in [0.1, 0.15) is 17.9 Å². The average Bonchev–Trinajstić information content (AvgIpc) is 2.72. The van der Waals surface area contributed by atoms with Crippen molar-refractivity contribution in [1.29, 1.82) is 0 Å². The van der Waals surface area contributed by atoms with Crippen LogP contribution in [0.2, 0.25) is 0 Å². The highest BCUT2D eigenvalue weighted by Gasteiger charge is 2.45. The van der Waals surface area contributed by atoms with Gasteiger partial charge in [-0.1, -0.05) is 41.5 Å². The second kappa shape index (κ2) is 5.63. The summed E-state index contributed by atoms with van der Waals surface area (Å²) in [4.78, 5) is 0. The Morgan fingerprint density at radius 2 is 1.65 bits per heavy atom. The van der Waals surface area contributed by atoms with E-state index in [1.807, 2.05) is 0 Å². The van der Waals surface area contributed by atoms with Gasteiger partial charge in [-0.3, -0.25) is 0 Å². The van der Waals surface area contributed by atoms with E-state index >= 15 is 0 Å². The maximum atomic E-state index is 2.51. The molecule has 0 aliphatic heterocycles. The third kappa shape index (κ3) is 4.61. The number of hydrogen-bond acceptors (Lipinski definition) is 0. The Morgan fingerprint density at radius 1 is 1.04 bits per heavy atom. The number of hydrogen-bond donors (Lipinski definition) is 0. The lowest BCUT2D eigenvalue weighted by atomic mass is 9.56. The lowest BCUT2D eigenvalue weighted by Gasteiger charge is -2.50. The van der Waals surface area contributed by atoms with Crippen LogP contribution in [0.15, 0.2) is 18.7 Å². The first-order chi connectivity index (χ1) is 10.2. The monoisotopic (exact) mass is 319 g/mol. The van der Waals surface area contributed by atoms with Gasteiger partial charge < -0.3 is 0 Å². The fourth-order valence-electron chi connectivity index (χ4n) is 4.69. The Kier molecular flexibility index (Phi) is 4.54. The van der Waals surface area contributed by atoms with Crippen LogP contribution >= 0.6 is 0 Å². The van der Waals surface area contributed by atoms with Gasteiger partial charge in [-0.2, -0.15) is 0 Å². The van der Waals surface area contributed by atoms with Crippen LogP contribution in [0.4, 0.5) is 0 Å². The molecule has 1 fully saturated rings. The van der Waals surface area contributed by atoms with Gasteiger partial charge in [0.05, 0.1) is 6.54 Å². The van der Waals surface area contributed by atoms with Crippen molar-refractivity contribution in [3.8, 4) is 0 Å². The average molecular weight is 320 g/mol. The summed E-state index contributed by atoms with van der Waals surface area (Å²) in [5.74, 6) is 0.807. The predicted octanol–water partition coefficient (Wildman–Crippen LogP) is 5.41. The molecule has 0 N–H and O–H groups in total. The van der Waals surface area contributed by atoms with Crippen LogP contribution in [0.1, 0.15) is 81.6 Å². The summed E-state index contributed by atoms with van der Waals surface area (Å²) in [6.07, 6.45) is 10.8. The molecule has 23 heavy (non-hydrogen) atoms. The smallest absolute Gasteiger partial charge is 0.236 e. The molecule has 1 saturated carbocycles. The molecule has 2 atom stereocenters. The first-order valence-corrected chi connectivity index (χ1v) is 9.28. The van der Waals surface area contributed by atoms with Crippen molar-refractivity contribution in [3.63, 3.8) is 0 Å². The molecule has 2 rings (SSSR count). The maximum Gasteiger partial charge on any atom is 0.244 e. The lowest BCUT2D eigenvalue weighted by Crippen LogP contribution is -2.48. The van der Waals surface area contributed by atoms with Crippen LogP contribution in [0.25, 0.3) is 0 Å². The van der Waals surface area contributed by atoms with E-state index in [1.165, 1.54) is 19.3 Å². The van der Waals surface area contributed by atoms with E-state index in [2.05, 4.69) is 90.2 Å². The van der Waals surface area contributed by atoms with Crippen molar-refractivity contribution in [3.05, 3.63) is 18.7 Å². The van der Waals surface area contributed by atoms with Gasteiger partial charge in [0.2, 0.25) is 6.33 Å².